The summed E-state index contributed by atoms with van der Waals surface area (Å²) in [6.07, 6.45) is 4.05. The van der Waals surface area contributed by atoms with Crippen molar-refractivity contribution in [1.82, 2.24) is 10.2 Å². The van der Waals surface area contributed by atoms with Crippen molar-refractivity contribution in [3.05, 3.63) is 35.4 Å². The van der Waals surface area contributed by atoms with Crippen molar-refractivity contribution in [2.45, 2.75) is 31.4 Å². The molecule has 1 saturated heterocycles. The van der Waals surface area contributed by atoms with Crippen LogP contribution in [0.2, 0.25) is 0 Å². The summed E-state index contributed by atoms with van der Waals surface area (Å²) in [5.74, 6) is 0. The van der Waals surface area contributed by atoms with Crippen molar-refractivity contribution >= 4 is 0 Å². The van der Waals surface area contributed by atoms with Crippen molar-refractivity contribution in [2.75, 3.05) is 33.3 Å². The highest BCUT2D eigenvalue weighted by molar-refractivity contribution is 5.32. The molecule has 0 amide bonds. The fourth-order valence-corrected chi connectivity index (χ4v) is 3.39. The smallest absolute Gasteiger partial charge is 0.0698 e. The van der Waals surface area contributed by atoms with E-state index in [0.717, 1.165) is 26.1 Å². The number of likely N-dealkylation sites (tertiary alicyclic amines) is 1. The molecule has 1 fully saturated rings. The van der Waals surface area contributed by atoms with Crippen LogP contribution in [0, 0.1) is 0 Å². The summed E-state index contributed by atoms with van der Waals surface area (Å²) >= 11 is 0. The number of nitrogens with zero attached hydrogens (tertiary/aromatic N) is 1. The molecule has 0 bridgehead atoms. The van der Waals surface area contributed by atoms with Crippen LogP contribution in [0.3, 0.4) is 0 Å². The Balaban J connectivity index is 1.67. The minimum atomic E-state index is 0.424. The summed E-state index contributed by atoms with van der Waals surface area (Å²) in [6, 6.07) is 9.36. The van der Waals surface area contributed by atoms with Crippen LogP contribution in [-0.2, 0) is 11.2 Å². The fourth-order valence-electron chi connectivity index (χ4n) is 3.39. The number of rotatable bonds is 3. The van der Waals surface area contributed by atoms with E-state index in [9.17, 15) is 0 Å². The number of piperidine rings is 1. The van der Waals surface area contributed by atoms with Crippen LogP contribution in [0.25, 0.3) is 0 Å². The van der Waals surface area contributed by atoms with E-state index in [4.69, 9.17) is 4.74 Å². The first kappa shape index (κ1) is 13.1. The number of methoxy groups -OCH3 is 1. The van der Waals surface area contributed by atoms with E-state index >= 15 is 0 Å². The van der Waals surface area contributed by atoms with Crippen molar-refractivity contribution < 1.29 is 4.74 Å². The molecular formula is C16H24N2O. The lowest BCUT2D eigenvalue weighted by Gasteiger charge is -2.36. The van der Waals surface area contributed by atoms with Crippen LogP contribution >= 0.6 is 0 Å². The quantitative estimate of drug-likeness (QED) is 0.899. The summed E-state index contributed by atoms with van der Waals surface area (Å²) in [5, 5.41) is 3.67. The fraction of sp³-hybridized carbons (Fsp3) is 0.625. The second kappa shape index (κ2) is 6.04. The maximum atomic E-state index is 5.52. The molecule has 0 aromatic heterocycles. The van der Waals surface area contributed by atoms with E-state index < -0.39 is 0 Å². The topological polar surface area (TPSA) is 24.5 Å². The van der Waals surface area contributed by atoms with Crippen molar-refractivity contribution in [3.8, 4) is 0 Å². The normalized spacial score (nSPS) is 28.1. The number of hydrogen-bond donors (Lipinski definition) is 1. The van der Waals surface area contributed by atoms with Crippen LogP contribution in [-0.4, -0.2) is 44.3 Å². The Morgan fingerprint density at radius 3 is 3.16 bits per heavy atom. The maximum absolute atomic E-state index is 5.52. The van der Waals surface area contributed by atoms with Gasteiger partial charge in [-0.3, -0.25) is 4.90 Å². The standard InChI is InChI=1S/C16H24N2O/c1-19-14-6-4-10-18(11-14)12-16-15-7-3-2-5-13(15)8-9-17-16/h2-3,5,7,14,16-17H,4,6,8-12H2,1H3. The third-order valence-corrected chi connectivity index (χ3v) is 4.45. The molecule has 2 aliphatic rings. The molecule has 3 heteroatoms. The van der Waals surface area contributed by atoms with Gasteiger partial charge in [0.15, 0.2) is 0 Å². The number of hydrogen-bond acceptors (Lipinski definition) is 3. The van der Waals surface area contributed by atoms with E-state index in [1.807, 2.05) is 7.11 Å². The molecule has 0 radical (unpaired) electrons. The van der Waals surface area contributed by atoms with Gasteiger partial charge in [-0.05, 0) is 43.5 Å². The average Bonchev–Trinajstić information content (AvgIpc) is 2.48. The van der Waals surface area contributed by atoms with E-state index in [0.29, 0.717) is 12.1 Å². The summed E-state index contributed by atoms with van der Waals surface area (Å²) in [5.41, 5.74) is 3.01. The van der Waals surface area contributed by atoms with Crippen molar-refractivity contribution in [1.29, 1.82) is 0 Å². The maximum Gasteiger partial charge on any atom is 0.0698 e. The summed E-state index contributed by atoms with van der Waals surface area (Å²) in [4.78, 5) is 2.55. The van der Waals surface area contributed by atoms with Crippen LogP contribution < -0.4 is 5.32 Å². The molecule has 2 atom stereocenters. The molecule has 0 saturated carbocycles. The predicted octanol–water partition coefficient (Wildman–Crippen LogP) is 1.98. The van der Waals surface area contributed by atoms with E-state index in [1.54, 1.807) is 0 Å². The van der Waals surface area contributed by atoms with Gasteiger partial charge in [0.2, 0.25) is 0 Å². The van der Waals surface area contributed by atoms with Gasteiger partial charge in [-0.15, -0.1) is 0 Å². The van der Waals surface area contributed by atoms with Gasteiger partial charge >= 0.3 is 0 Å². The first-order chi connectivity index (χ1) is 9.36. The Hall–Kier alpha value is -0.900. The van der Waals surface area contributed by atoms with Gasteiger partial charge in [0.1, 0.15) is 0 Å². The zero-order valence-corrected chi connectivity index (χ0v) is 11.8. The molecule has 19 heavy (non-hydrogen) atoms. The monoisotopic (exact) mass is 260 g/mol. The third kappa shape index (κ3) is 2.99. The number of nitrogens with one attached hydrogen (secondary N) is 1. The minimum absolute atomic E-state index is 0.424. The second-order valence-electron chi connectivity index (χ2n) is 5.72. The molecule has 0 spiro atoms. The zero-order chi connectivity index (χ0) is 13.1. The summed E-state index contributed by atoms with van der Waals surface area (Å²) < 4.78 is 5.52. The molecule has 104 valence electrons. The molecule has 1 N–H and O–H groups in total. The highest BCUT2D eigenvalue weighted by atomic mass is 16.5. The molecule has 3 nitrogen and oxygen atoms in total. The SMILES string of the molecule is COC1CCCN(CC2NCCc3ccccc32)C1. The van der Waals surface area contributed by atoms with Gasteiger partial charge in [-0.25, -0.2) is 0 Å². The molecule has 1 aromatic carbocycles. The highest BCUT2D eigenvalue weighted by Gasteiger charge is 2.25. The van der Waals surface area contributed by atoms with Gasteiger partial charge < -0.3 is 10.1 Å². The lowest BCUT2D eigenvalue weighted by molar-refractivity contribution is 0.0278. The molecular weight excluding hydrogens is 236 g/mol. The van der Waals surface area contributed by atoms with Crippen LogP contribution in [0.4, 0.5) is 0 Å². The molecule has 3 rings (SSSR count). The largest absolute Gasteiger partial charge is 0.380 e. The lowest BCUT2D eigenvalue weighted by atomic mass is 9.93. The van der Waals surface area contributed by atoms with Crippen molar-refractivity contribution in [3.63, 3.8) is 0 Å². The average molecular weight is 260 g/mol. The van der Waals surface area contributed by atoms with Crippen LogP contribution in [0.1, 0.15) is 30.0 Å². The molecule has 2 unspecified atom stereocenters. The summed E-state index contributed by atoms with van der Waals surface area (Å²) in [6.45, 7) is 4.50. The Labute approximate surface area is 115 Å². The van der Waals surface area contributed by atoms with Gasteiger partial charge in [0, 0.05) is 26.2 Å². The van der Waals surface area contributed by atoms with Gasteiger partial charge in [0.05, 0.1) is 6.10 Å². The number of fused-ring (bicyclic) bond motifs is 1. The Morgan fingerprint density at radius 2 is 2.26 bits per heavy atom. The molecule has 2 aliphatic heterocycles. The molecule has 2 heterocycles. The second-order valence-corrected chi connectivity index (χ2v) is 5.72. The van der Waals surface area contributed by atoms with Crippen LogP contribution in [0.15, 0.2) is 24.3 Å². The predicted molar refractivity (Wildman–Crippen MR) is 77.4 cm³/mol. The lowest BCUT2D eigenvalue weighted by Crippen LogP contribution is -2.45. The Bertz CT molecular complexity index is 421. The van der Waals surface area contributed by atoms with E-state index in [-0.39, 0.29) is 0 Å². The van der Waals surface area contributed by atoms with Gasteiger partial charge in [-0.2, -0.15) is 0 Å². The Morgan fingerprint density at radius 1 is 1.37 bits per heavy atom. The Kier molecular flexibility index (Phi) is 4.16. The number of benzene rings is 1. The first-order valence-corrected chi connectivity index (χ1v) is 7.43. The van der Waals surface area contributed by atoms with Gasteiger partial charge in [0.25, 0.3) is 0 Å². The zero-order valence-electron chi connectivity index (χ0n) is 11.8. The molecule has 0 aliphatic carbocycles. The number of ether oxygens (including phenoxy) is 1. The highest BCUT2D eigenvalue weighted by Crippen LogP contribution is 2.24. The van der Waals surface area contributed by atoms with Crippen LogP contribution in [0.5, 0.6) is 0 Å². The molecule has 1 aromatic rings. The first-order valence-electron chi connectivity index (χ1n) is 7.43. The minimum Gasteiger partial charge on any atom is -0.380 e. The van der Waals surface area contributed by atoms with Crippen molar-refractivity contribution in [2.24, 2.45) is 0 Å². The summed E-state index contributed by atoms with van der Waals surface area (Å²) in [7, 11) is 1.84. The van der Waals surface area contributed by atoms with E-state index in [1.165, 1.54) is 30.5 Å². The third-order valence-electron chi connectivity index (χ3n) is 4.45. The van der Waals surface area contributed by atoms with E-state index in [2.05, 4.69) is 34.5 Å². The van der Waals surface area contributed by atoms with Gasteiger partial charge in [-0.1, -0.05) is 24.3 Å².